The number of nitrogens with zero attached hydrogens (tertiary/aromatic N) is 8. The summed E-state index contributed by atoms with van der Waals surface area (Å²) in [6.45, 7) is 26.6. The molecule has 76 heavy (non-hydrogen) atoms. The topological polar surface area (TPSA) is 174 Å². The molecule has 0 unspecified atom stereocenters. The van der Waals surface area contributed by atoms with E-state index in [9.17, 15) is 19.5 Å². The van der Waals surface area contributed by atoms with Crippen LogP contribution in [0.2, 0.25) is 0 Å². The van der Waals surface area contributed by atoms with Gasteiger partial charge in [-0.05, 0) is 129 Å². The molecule has 4 aromatic rings. The molecule has 4 saturated heterocycles. The van der Waals surface area contributed by atoms with E-state index in [1.807, 2.05) is 107 Å². The summed E-state index contributed by atoms with van der Waals surface area (Å²) in [5.41, 5.74) is 3.36. The standard InChI is InChI=1S/C32H40N6O3.C17H25NO3.C10H19NO3/c1-3-12-35-13-7-9-24(35)22-41-32-33-28-21-38(29-20-25(39)19-23-8-5-6-10-26(23)29)14-11-27(28)31(34-32)37-17-15-36(16-18-37)30(40)4-2;1-17(2,3)21-16(19)18-11-7-10-15(18)13-20-12-14-8-5-4-6-9-14;1-10(2,3)14-9(13)11-6-4-5-8(11)7-12/h4-6,8,10,19-20,24,39H,2-3,7,9,11-18,21-22H2,1H3;4-6,8-9,15H,7,10-13H2,1-3H3;8,12H,4-7H2,1-3H3/t24-;15-;8-/m000/s1. The maximum atomic E-state index is 12.2. The fourth-order valence-corrected chi connectivity index (χ4v) is 10.6. The minimum atomic E-state index is -0.459. The van der Waals surface area contributed by atoms with E-state index >= 15 is 0 Å². The number of hydrogen-bond donors (Lipinski definition) is 2. The first-order chi connectivity index (χ1) is 36.4. The zero-order chi connectivity index (χ0) is 54.4. The molecule has 1 aromatic heterocycles. The van der Waals surface area contributed by atoms with Crippen LogP contribution in [-0.4, -0.2) is 166 Å². The second-order valence-electron chi connectivity index (χ2n) is 22.4. The number of piperazine rings is 1. The summed E-state index contributed by atoms with van der Waals surface area (Å²) in [5.74, 6) is 1.16. The van der Waals surface area contributed by atoms with Crippen molar-refractivity contribution >= 4 is 40.4 Å². The van der Waals surface area contributed by atoms with Gasteiger partial charge in [0.1, 0.15) is 29.4 Å². The predicted molar refractivity (Wildman–Crippen MR) is 297 cm³/mol. The molecule has 4 fully saturated rings. The van der Waals surface area contributed by atoms with Crippen LogP contribution in [0.15, 0.2) is 79.4 Å². The zero-order valence-corrected chi connectivity index (χ0v) is 46.3. The Labute approximate surface area is 450 Å². The number of phenolic OH excluding ortho intramolecular Hbond substituents is 1. The third kappa shape index (κ3) is 15.9. The Balaban J connectivity index is 0.000000199. The van der Waals surface area contributed by atoms with Crippen molar-refractivity contribution in [2.45, 2.75) is 142 Å². The number of benzene rings is 3. The number of rotatable bonds is 13. The van der Waals surface area contributed by atoms with E-state index in [1.54, 1.807) is 9.80 Å². The molecule has 6 heterocycles. The van der Waals surface area contributed by atoms with Gasteiger partial charge < -0.3 is 53.7 Å². The number of aromatic nitrogens is 2. The lowest BCUT2D eigenvalue weighted by Crippen LogP contribution is -2.49. The van der Waals surface area contributed by atoms with Crippen molar-refractivity contribution in [3.05, 3.63) is 96.2 Å². The first-order valence-corrected chi connectivity index (χ1v) is 27.5. The van der Waals surface area contributed by atoms with Gasteiger partial charge in [-0.1, -0.05) is 68.1 Å². The van der Waals surface area contributed by atoms with Crippen LogP contribution in [0, 0.1) is 0 Å². The summed E-state index contributed by atoms with van der Waals surface area (Å²) in [6.07, 6.45) is 8.91. The summed E-state index contributed by atoms with van der Waals surface area (Å²) in [6, 6.07) is 22.8. The molecule has 17 nitrogen and oxygen atoms in total. The monoisotopic (exact) mass is 1050 g/mol. The van der Waals surface area contributed by atoms with Gasteiger partial charge in [-0.2, -0.15) is 9.97 Å². The highest BCUT2D eigenvalue weighted by atomic mass is 16.6. The first kappa shape index (κ1) is 57.5. The van der Waals surface area contributed by atoms with Crippen molar-refractivity contribution in [1.29, 1.82) is 0 Å². The smallest absolute Gasteiger partial charge is 0.410 e. The number of ether oxygens (including phenoxy) is 4. The summed E-state index contributed by atoms with van der Waals surface area (Å²) in [7, 11) is 0. The number of likely N-dealkylation sites (tertiary alicyclic amines) is 3. The van der Waals surface area contributed by atoms with Crippen molar-refractivity contribution in [2.75, 3.05) is 88.5 Å². The average Bonchev–Trinajstić information content (AvgIpc) is 4.20. The van der Waals surface area contributed by atoms with Crippen LogP contribution in [0.1, 0.15) is 110 Å². The first-order valence-electron chi connectivity index (χ1n) is 27.5. The SMILES string of the molecule is C=CC(=O)N1CCN(c2nc(OC[C@@H]3CCCN3CCC)nc3c2CCN(c2cc(O)cc4ccccc24)C3)CC1.CC(C)(C)OC(=O)N1CCC[C@H]1CO.CC(C)(C)OC(=O)N1CCC[C@H]1COCc1ccccc1. The third-order valence-corrected chi connectivity index (χ3v) is 14.3. The lowest BCUT2D eigenvalue weighted by molar-refractivity contribution is -0.126. The number of phenols is 1. The molecule has 0 bridgehead atoms. The highest BCUT2D eigenvalue weighted by Gasteiger charge is 2.34. The summed E-state index contributed by atoms with van der Waals surface area (Å²) in [5, 5.41) is 21.6. The number of aliphatic hydroxyl groups is 1. The van der Waals surface area contributed by atoms with Gasteiger partial charge in [-0.25, -0.2) is 9.59 Å². The molecule has 414 valence electrons. The molecular formula is C59H84N8O9. The number of carbonyl (C=O) groups is 3. The maximum Gasteiger partial charge on any atom is 0.410 e. The van der Waals surface area contributed by atoms with Crippen molar-refractivity contribution in [3.8, 4) is 11.8 Å². The molecule has 5 aliphatic heterocycles. The van der Waals surface area contributed by atoms with E-state index in [4.69, 9.17) is 34.0 Å². The fraction of sp³-hybridized carbons (Fsp3) is 0.576. The number of aromatic hydroxyl groups is 1. The van der Waals surface area contributed by atoms with Crippen LogP contribution in [-0.2, 0) is 38.6 Å². The van der Waals surface area contributed by atoms with E-state index < -0.39 is 11.2 Å². The normalized spacial score (nSPS) is 19.8. The number of anilines is 2. The molecule has 0 aliphatic carbocycles. The summed E-state index contributed by atoms with van der Waals surface area (Å²) < 4.78 is 22.8. The van der Waals surface area contributed by atoms with Crippen LogP contribution in [0.25, 0.3) is 10.8 Å². The van der Waals surface area contributed by atoms with Crippen molar-refractivity contribution in [3.63, 3.8) is 0 Å². The average molecular weight is 1050 g/mol. The molecule has 0 spiro atoms. The largest absolute Gasteiger partial charge is 0.508 e. The highest BCUT2D eigenvalue weighted by molar-refractivity contribution is 5.95. The Hall–Kier alpha value is -6.17. The zero-order valence-electron chi connectivity index (χ0n) is 46.3. The number of carbonyl (C=O) groups excluding carboxylic acids is 3. The molecule has 3 aromatic carbocycles. The van der Waals surface area contributed by atoms with Gasteiger partial charge in [0.05, 0.1) is 44.1 Å². The molecule has 0 radical (unpaired) electrons. The van der Waals surface area contributed by atoms with Gasteiger partial charge in [0, 0.05) is 74.6 Å². The lowest BCUT2D eigenvalue weighted by Gasteiger charge is -2.38. The molecule has 17 heteroatoms. The predicted octanol–water partition coefficient (Wildman–Crippen LogP) is 8.97. The third-order valence-electron chi connectivity index (χ3n) is 14.3. The van der Waals surface area contributed by atoms with Gasteiger partial charge in [0.2, 0.25) is 5.91 Å². The van der Waals surface area contributed by atoms with Gasteiger partial charge in [-0.15, -0.1) is 0 Å². The minimum absolute atomic E-state index is 0.0270. The van der Waals surface area contributed by atoms with E-state index in [1.165, 1.54) is 12.5 Å². The van der Waals surface area contributed by atoms with Crippen molar-refractivity contribution < 1.29 is 43.5 Å². The van der Waals surface area contributed by atoms with Crippen LogP contribution in [0.3, 0.4) is 0 Å². The molecule has 9 rings (SSSR count). The Morgan fingerprint density at radius 1 is 0.737 bits per heavy atom. The minimum Gasteiger partial charge on any atom is -0.508 e. The van der Waals surface area contributed by atoms with Crippen LogP contribution < -0.4 is 14.5 Å². The molecule has 0 saturated carbocycles. The quantitative estimate of drug-likeness (QED) is 0.122. The Bertz CT molecular complexity index is 2540. The van der Waals surface area contributed by atoms with Gasteiger partial charge in [0.25, 0.3) is 0 Å². The van der Waals surface area contributed by atoms with Crippen molar-refractivity contribution in [1.82, 2.24) is 29.6 Å². The van der Waals surface area contributed by atoms with Crippen LogP contribution in [0.4, 0.5) is 21.1 Å². The molecule has 2 N–H and O–H groups in total. The Morgan fingerprint density at radius 2 is 1.37 bits per heavy atom. The number of hydrogen-bond acceptors (Lipinski definition) is 14. The second kappa shape index (κ2) is 26.7. The summed E-state index contributed by atoms with van der Waals surface area (Å²) >= 11 is 0. The van der Waals surface area contributed by atoms with Gasteiger partial charge in [-0.3, -0.25) is 9.69 Å². The molecular weight excluding hydrogens is 965 g/mol. The molecule has 3 atom stereocenters. The molecule has 3 amide bonds. The number of fused-ring (bicyclic) bond motifs is 2. The van der Waals surface area contributed by atoms with E-state index in [0.717, 1.165) is 110 Å². The van der Waals surface area contributed by atoms with Crippen molar-refractivity contribution in [2.24, 2.45) is 0 Å². The second-order valence-corrected chi connectivity index (χ2v) is 22.4. The molecule has 5 aliphatic rings. The van der Waals surface area contributed by atoms with E-state index in [2.05, 4.69) is 34.3 Å². The highest BCUT2D eigenvalue weighted by Crippen LogP contribution is 2.37. The number of aliphatic hydroxyl groups excluding tert-OH is 1. The van der Waals surface area contributed by atoms with Gasteiger partial charge in [0.15, 0.2) is 0 Å². The number of amides is 3. The van der Waals surface area contributed by atoms with E-state index in [0.29, 0.717) is 71.1 Å². The van der Waals surface area contributed by atoms with Crippen LogP contribution >= 0.6 is 0 Å². The lowest BCUT2D eigenvalue weighted by atomic mass is 10.0. The van der Waals surface area contributed by atoms with Gasteiger partial charge >= 0.3 is 18.2 Å². The summed E-state index contributed by atoms with van der Waals surface area (Å²) in [4.78, 5) is 58.3. The van der Waals surface area contributed by atoms with E-state index in [-0.39, 0.29) is 42.5 Å². The Morgan fingerprint density at radius 3 is 2.03 bits per heavy atom. The fourth-order valence-electron chi connectivity index (χ4n) is 10.6. The Kier molecular flexibility index (Phi) is 20.2. The maximum absolute atomic E-state index is 12.2. The van der Waals surface area contributed by atoms with Crippen LogP contribution in [0.5, 0.6) is 11.8 Å².